The topological polar surface area (TPSA) is 55.0 Å². The molecule has 20 heavy (non-hydrogen) atoms. The van der Waals surface area contributed by atoms with Crippen LogP contribution >= 0.6 is 22.6 Å². The molecule has 0 atom stereocenters. The van der Waals surface area contributed by atoms with Crippen molar-refractivity contribution in [2.45, 2.75) is 63.9 Å². The number of hydrogen-bond donors (Lipinski definition) is 1. The van der Waals surface area contributed by atoms with E-state index in [-0.39, 0.29) is 11.5 Å². The van der Waals surface area contributed by atoms with E-state index in [1.54, 1.807) is 7.11 Å². The fourth-order valence-electron chi connectivity index (χ4n) is 2.91. The summed E-state index contributed by atoms with van der Waals surface area (Å²) in [6, 6.07) is 0. The van der Waals surface area contributed by atoms with Gasteiger partial charge in [0.15, 0.2) is 0 Å². The molecule has 4 nitrogen and oxygen atoms in total. The Morgan fingerprint density at radius 1 is 1.25 bits per heavy atom. The van der Waals surface area contributed by atoms with Crippen LogP contribution in [0.15, 0.2) is 4.79 Å². The number of aromatic nitrogens is 2. The zero-order chi connectivity index (χ0) is 14.8. The summed E-state index contributed by atoms with van der Waals surface area (Å²) in [6.07, 6.45) is 6.59. The molecule has 1 aliphatic carbocycles. The maximum Gasteiger partial charge on any atom is 0.264 e. The highest BCUT2D eigenvalue weighted by Gasteiger charge is 2.36. The van der Waals surface area contributed by atoms with E-state index in [1.165, 1.54) is 12.8 Å². The van der Waals surface area contributed by atoms with Gasteiger partial charge in [0.1, 0.15) is 11.4 Å². The molecule has 1 fully saturated rings. The van der Waals surface area contributed by atoms with Crippen molar-refractivity contribution in [1.29, 1.82) is 0 Å². The third kappa shape index (κ3) is 3.08. The minimum atomic E-state index is -0.413. The van der Waals surface area contributed by atoms with Crippen LogP contribution in [0.25, 0.3) is 0 Å². The largest absolute Gasteiger partial charge is 0.370 e. The summed E-state index contributed by atoms with van der Waals surface area (Å²) in [5, 5.41) is 0. The van der Waals surface area contributed by atoms with Crippen molar-refractivity contribution in [2.24, 2.45) is 0 Å². The Bertz CT molecular complexity index is 517. The maximum atomic E-state index is 12.2. The average molecular weight is 390 g/mol. The van der Waals surface area contributed by atoms with Gasteiger partial charge in [0.05, 0.1) is 9.26 Å². The van der Waals surface area contributed by atoms with Gasteiger partial charge in [-0.15, -0.1) is 0 Å². The molecule has 112 valence electrons. The molecule has 0 radical (unpaired) electrons. The summed E-state index contributed by atoms with van der Waals surface area (Å²) in [7, 11) is 1.73. The van der Waals surface area contributed by atoms with Crippen LogP contribution in [-0.2, 0) is 10.3 Å². The predicted octanol–water partition coefficient (Wildman–Crippen LogP) is 3.69. The molecule has 0 amide bonds. The smallest absolute Gasteiger partial charge is 0.264 e. The lowest BCUT2D eigenvalue weighted by Crippen LogP contribution is -2.34. The van der Waals surface area contributed by atoms with Gasteiger partial charge in [0.2, 0.25) is 0 Å². The Balaban J connectivity index is 2.51. The molecule has 0 bridgehead atoms. The number of halogens is 1. The average Bonchev–Trinajstić information content (AvgIpc) is 2.67. The lowest BCUT2D eigenvalue weighted by atomic mass is 9.92. The van der Waals surface area contributed by atoms with E-state index in [1.807, 2.05) is 0 Å². The van der Waals surface area contributed by atoms with Gasteiger partial charge < -0.3 is 9.72 Å². The van der Waals surface area contributed by atoms with Crippen molar-refractivity contribution >= 4 is 22.6 Å². The minimum absolute atomic E-state index is 0.0417. The lowest BCUT2D eigenvalue weighted by molar-refractivity contribution is -0.0355. The first kappa shape index (κ1) is 15.9. The predicted molar refractivity (Wildman–Crippen MR) is 88.1 cm³/mol. The summed E-state index contributed by atoms with van der Waals surface area (Å²) < 4.78 is 6.53. The maximum absolute atomic E-state index is 12.2. The van der Waals surface area contributed by atoms with Gasteiger partial charge in [-0.05, 0) is 41.4 Å². The number of rotatable bonds is 3. The molecule has 1 N–H and O–H groups in total. The first-order valence-electron chi connectivity index (χ1n) is 7.35. The van der Waals surface area contributed by atoms with Gasteiger partial charge in [0.25, 0.3) is 5.56 Å². The molecule has 0 aliphatic heterocycles. The van der Waals surface area contributed by atoms with Crippen LogP contribution in [0.1, 0.15) is 69.8 Å². The fourth-order valence-corrected chi connectivity index (χ4v) is 3.79. The van der Waals surface area contributed by atoms with Gasteiger partial charge in [-0.2, -0.15) is 0 Å². The van der Waals surface area contributed by atoms with Crippen LogP contribution in [0.5, 0.6) is 0 Å². The fraction of sp³-hybridized carbons (Fsp3) is 0.733. The summed E-state index contributed by atoms with van der Waals surface area (Å²) in [5.74, 6) is 0.957. The second kappa shape index (κ2) is 6.56. The molecule has 0 aromatic carbocycles. The summed E-state index contributed by atoms with van der Waals surface area (Å²) in [4.78, 5) is 19.9. The van der Waals surface area contributed by atoms with Crippen molar-refractivity contribution in [1.82, 2.24) is 9.97 Å². The van der Waals surface area contributed by atoms with Crippen molar-refractivity contribution in [3.05, 3.63) is 25.4 Å². The number of aromatic amines is 1. The Hall–Kier alpha value is -0.430. The van der Waals surface area contributed by atoms with Crippen LogP contribution < -0.4 is 5.56 Å². The van der Waals surface area contributed by atoms with E-state index in [4.69, 9.17) is 9.72 Å². The van der Waals surface area contributed by atoms with Crippen molar-refractivity contribution in [2.75, 3.05) is 7.11 Å². The molecular formula is C15H23IN2O2. The molecule has 1 aromatic heterocycles. The first-order chi connectivity index (χ1) is 9.50. The highest BCUT2D eigenvalue weighted by Crippen LogP contribution is 2.37. The monoisotopic (exact) mass is 390 g/mol. The van der Waals surface area contributed by atoms with Crippen molar-refractivity contribution < 1.29 is 4.74 Å². The van der Waals surface area contributed by atoms with Crippen molar-refractivity contribution in [3.63, 3.8) is 0 Å². The Labute approximate surface area is 133 Å². The molecular weight excluding hydrogens is 367 g/mol. The normalized spacial score (nSPS) is 19.1. The Morgan fingerprint density at radius 2 is 1.85 bits per heavy atom. The van der Waals surface area contributed by atoms with Crippen LogP contribution in [0.3, 0.4) is 0 Å². The minimum Gasteiger partial charge on any atom is -0.370 e. The molecule has 1 saturated carbocycles. The summed E-state index contributed by atoms with van der Waals surface area (Å²) in [5.41, 5.74) is 0.425. The number of nitrogens with zero attached hydrogens (tertiary/aromatic N) is 1. The second-order valence-corrected chi connectivity index (χ2v) is 6.96. The van der Waals surface area contributed by atoms with Crippen LogP contribution in [0, 0.1) is 3.57 Å². The zero-order valence-corrected chi connectivity index (χ0v) is 14.6. The van der Waals surface area contributed by atoms with Gasteiger partial charge >= 0.3 is 0 Å². The number of hydrogen-bond acceptors (Lipinski definition) is 3. The first-order valence-corrected chi connectivity index (χ1v) is 8.43. The highest BCUT2D eigenvalue weighted by molar-refractivity contribution is 14.1. The number of ether oxygens (including phenoxy) is 1. The molecule has 2 rings (SSSR count). The number of nitrogens with one attached hydrogen (secondary N) is 1. The quantitative estimate of drug-likeness (QED) is 0.633. The van der Waals surface area contributed by atoms with Crippen LogP contribution in [-0.4, -0.2) is 17.1 Å². The molecule has 0 unspecified atom stereocenters. The molecule has 1 heterocycles. The molecule has 1 aromatic rings. The van der Waals surface area contributed by atoms with E-state index in [2.05, 4.69) is 41.4 Å². The Morgan fingerprint density at radius 3 is 2.35 bits per heavy atom. The number of methoxy groups -OCH3 is 1. The lowest BCUT2D eigenvalue weighted by Gasteiger charge is -2.30. The van der Waals surface area contributed by atoms with E-state index < -0.39 is 5.60 Å². The van der Waals surface area contributed by atoms with Gasteiger partial charge in [-0.3, -0.25) is 4.79 Å². The van der Waals surface area contributed by atoms with E-state index in [0.29, 0.717) is 3.57 Å². The van der Waals surface area contributed by atoms with Crippen LogP contribution in [0.2, 0.25) is 0 Å². The van der Waals surface area contributed by atoms with Crippen molar-refractivity contribution in [3.8, 4) is 0 Å². The third-order valence-corrected chi connectivity index (χ3v) is 5.21. The molecule has 0 spiro atoms. The zero-order valence-electron chi connectivity index (χ0n) is 12.5. The Kier molecular flexibility index (Phi) is 5.23. The van der Waals surface area contributed by atoms with E-state index in [9.17, 15) is 4.79 Å². The van der Waals surface area contributed by atoms with E-state index >= 15 is 0 Å². The molecule has 1 aliphatic rings. The second-order valence-electron chi connectivity index (χ2n) is 5.88. The highest BCUT2D eigenvalue weighted by atomic mass is 127. The summed E-state index contributed by atoms with van der Waals surface area (Å²) >= 11 is 2.09. The number of H-pyrrole nitrogens is 1. The molecule has 5 heteroatoms. The summed E-state index contributed by atoms with van der Waals surface area (Å²) in [6.45, 7) is 4.14. The van der Waals surface area contributed by atoms with Gasteiger partial charge in [-0.25, -0.2) is 4.98 Å². The van der Waals surface area contributed by atoms with Crippen LogP contribution in [0.4, 0.5) is 0 Å². The van der Waals surface area contributed by atoms with Gasteiger partial charge in [0, 0.05) is 7.11 Å². The SMILES string of the molecule is COC1(c2nc(C(C)C)c(I)c(=O)[nH]2)CCCCCC1. The third-order valence-electron chi connectivity index (χ3n) is 4.17. The molecule has 0 saturated heterocycles. The van der Waals surface area contributed by atoms with Gasteiger partial charge in [-0.1, -0.05) is 39.5 Å². The standard InChI is InChI=1S/C15H23IN2O2/c1-10(2)12-11(16)13(19)18-14(17-12)15(20-3)8-6-4-5-7-9-15/h10H,4-9H2,1-3H3,(H,17,18,19). The van der Waals surface area contributed by atoms with E-state index in [0.717, 1.165) is 37.2 Å².